The van der Waals surface area contributed by atoms with Crippen molar-refractivity contribution in [2.75, 3.05) is 0 Å². The van der Waals surface area contributed by atoms with Gasteiger partial charge in [0.1, 0.15) is 28.1 Å². The predicted octanol–water partition coefficient (Wildman–Crippen LogP) is 3.87. The monoisotopic (exact) mass is 332 g/mol. The van der Waals surface area contributed by atoms with Gasteiger partial charge in [-0.05, 0) is 24.3 Å². The largest absolute Gasteiger partial charge is 0.507 e. The number of esters is 1. The van der Waals surface area contributed by atoms with E-state index in [-0.39, 0.29) is 27.9 Å². The van der Waals surface area contributed by atoms with E-state index in [1.807, 2.05) is 0 Å². The molecular weight excluding hydrogens is 320 g/mol. The molecule has 0 aliphatic heterocycles. The topological polar surface area (TPSA) is 76.7 Å². The van der Waals surface area contributed by atoms with Crippen LogP contribution in [0.2, 0.25) is 0 Å². The average molecular weight is 332 g/mol. The highest BCUT2D eigenvalue weighted by molar-refractivity contribution is 5.95. The average Bonchev–Trinajstić information content (AvgIpc) is 2.62. The van der Waals surface area contributed by atoms with Gasteiger partial charge < -0.3 is 14.3 Å². The zero-order valence-electron chi connectivity index (χ0n) is 12.9. The van der Waals surface area contributed by atoms with Gasteiger partial charge in [-0.15, -0.1) is 0 Å². The summed E-state index contributed by atoms with van der Waals surface area (Å²) in [7, 11) is 0. The molecule has 5 nitrogen and oxygen atoms in total. The Morgan fingerprint density at radius 3 is 2.44 bits per heavy atom. The summed E-state index contributed by atoms with van der Waals surface area (Å²) in [5.41, 5.74) is 0.586. The third-order valence-electron chi connectivity index (χ3n) is 3.85. The summed E-state index contributed by atoms with van der Waals surface area (Å²) >= 11 is 0. The highest BCUT2D eigenvalue weighted by atomic mass is 16.5. The van der Waals surface area contributed by atoms with Crippen LogP contribution in [0.5, 0.6) is 11.5 Å². The molecule has 0 atom stereocenters. The number of carbonyl (C=O) groups excluding carboxylic acids is 1. The van der Waals surface area contributed by atoms with Crippen molar-refractivity contribution >= 4 is 27.9 Å². The summed E-state index contributed by atoms with van der Waals surface area (Å²) in [6, 6.07) is 17.9. The Morgan fingerprint density at radius 2 is 1.64 bits per heavy atom. The molecule has 3 aromatic carbocycles. The van der Waals surface area contributed by atoms with Gasteiger partial charge in [0.15, 0.2) is 0 Å². The minimum absolute atomic E-state index is 0.0539. The Bertz CT molecular complexity index is 1160. The molecule has 1 aromatic heterocycles. The van der Waals surface area contributed by atoms with E-state index in [9.17, 15) is 14.7 Å². The summed E-state index contributed by atoms with van der Waals surface area (Å²) in [5, 5.41) is 10.7. The molecule has 0 saturated heterocycles. The minimum Gasteiger partial charge on any atom is -0.507 e. The van der Waals surface area contributed by atoms with Crippen LogP contribution in [-0.2, 0) is 0 Å². The van der Waals surface area contributed by atoms with Crippen molar-refractivity contribution in [2.24, 2.45) is 0 Å². The van der Waals surface area contributed by atoms with Crippen molar-refractivity contribution in [3.8, 4) is 11.5 Å². The van der Waals surface area contributed by atoms with Gasteiger partial charge >= 0.3 is 5.97 Å². The van der Waals surface area contributed by atoms with Crippen LogP contribution in [0, 0.1) is 0 Å². The van der Waals surface area contributed by atoms with Gasteiger partial charge in [0, 0.05) is 12.1 Å². The molecule has 0 saturated carbocycles. The Labute approximate surface area is 141 Å². The van der Waals surface area contributed by atoms with Crippen molar-refractivity contribution in [1.82, 2.24) is 0 Å². The molecule has 0 radical (unpaired) electrons. The molecule has 1 heterocycles. The molecule has 25 heavy (non-hydrogen) atoms. The normalized spacial score (nSPS) is 10.9. The van der Waals surface area contributed by atoms with Crippen molar-refractivity contribution in [3.63, 3.8) is 0 Å². The molecule has 0 amide bonds. The van der Waals surface area contributed by atoms with E-state index >= 15 is 0 Å². The minimum atomic E-state index is -0.567. The number of ether oxygens (including phenoxy) is 1. The summed E-state index contributed by atoms with van der Waals surface area (Å²) in [5.74, 6) is -0.771. The van der Waals surface area contributed by atoms with E-state index in [4.69, 9.17) is 9.15 Å². The molecule has 0 fully saturated rings. The molecule has 0 aliphatic carbocycles. The lowest BCUT2D eigenvalue weighted by Gasteiger charge is -2.08. The van der Waals surface area contributed by atoms with E-state index < -0.39 is 5.97 Å². The van der Waals surface area contributed by atoms with E-state index in [1.165, 1.54) is 12.1 Å². The first-order valence-corrected chi connectivity index (χ1v) is 7.59. The van der Waals surface area contributed by atoms with Gasteiger partial charge in [-0.1, -0.05) is 30.3 Å². The number of phenols is 1. The lowest BCUT2D eigenvalue weighted by atomic mass is 10.1. The third-order valence-corrected chi connectivity index (χ3v) is 3.85. The van der Waals surface area contributed by atoms with Crippen LogP contribution >= 0.6 is 0 Å². The smallest absolute Gasteiger partial charge is 0.343 e. The van der Waals surface area contributed by atoms with Gasteiger partial charge in [-0.2, -0.15) is 0 Å². The molecule has 1 N–H and O–H groups in total. The zero-order chi connectivity index (χ0) is 17.4. The predicted molar refractivity (Wildman–Crippen MR) is 93.1 cm³/mol. The fourth-order valence-electron chi connectivity index (χ4n) is 2.68. The van der Waals surface area contributed by atoms with Crippen LogP contribution in [-0.4, -0.2) is 11.1 Å². The van der Waals surface area contributed by atoms with Crippen LogP contribution in [0.3, 0.4) is 0 Å². The lowest BCUT2D eigenvalue weighted by Crippen LogP contribution is -2.08. The van der Waals surface area contributed by atoms with Gasteiger partial charge in [-0.25, -0.2) is 4.79 Å². The molecule has 0 aliphatic rings. The van der Waals surface area contributed by atoms with E-state index in [1.54, 1.807) is 54.6 Å². The van der Waals surface area contributed by atoms with Gasteiger partial charge in [0.05, 0.1) is 10.9 Å². The summed E-state index contributed by atoms with van der Waals surface area (Å²) < 4.78 is 11.0. The second-order valence-corrected chi connectivity index (χ2v) is 5.50. The first-order valence-electron chi connectivity index (χ1n) is 7.59. The van der Waals surface area contributed by atoms with Crippen molar-refractivity contribution in [1.29, 1.82) is 0 Å². The number of hydrogen-bond acceptors (Lipinski definition) is 5. The number of phenolic OH excluding ortho intramolecular Hbond substituents is 1. The molecule has 0 bridgehead atoms. The zero-order valence-corrected chi connectivity index (χ0v) is 12.9. The van der Waals surface area contributed by atoms with E-state index in [2.05, 4.69) is 0 Å². The SMILES string of the molecule is O=C(Oc1cc(O)c2c(=O)c3ccccc3oc2c1)c1ccccc1. The van der Waals surface area contributed by atoms with E-state index in [0.29, 0.717) is 16.5 Å². The Kier molecular flexibility index (Phi) is 3.47. The van der Waals surface area contributed by atoms with Crippen molar-refractivity contribution in [2.45, 2.75) is 0 Å². The molecule has 0 unspecified atom stereocenters. The van der Waals surface area contributed by atoms with Gasteiger partial charge in [0.25, 0.3) is 0 Å². The lowest BCUT2D eigenvalue weighted by molar-refractivity contribution is 0.0735. The number of benzene rings is 3. The number of para-hydroxylation sites is 1. The van der Waals surface area contributed by atoms with Crippen LogP contribution in [0.15, 0.2) is 75.9 Å². The standard InChI is InChI=1S/C20H12O5/c21-15-10-13(24-20(23)12-6-2-1-3-7-12)11-17-18(15)19(22)14-8-4-5-9-16(14)25-17/h1-11,21H. The maximum Gasteiger partial charge on any atom is 0.343 e. The number of rotatable bonds is 2. The van der Waals surface area contributed by atoms with Crippen LogP contribution < -0.4 is 10.2 Å². The second-order valence-electron chi connectivity index (χ2n) is 5.50. The molecule has 4 rings (SSSR count). The first kappa shape index (κ1) is 15.0. The molecule has 5 heteroatoms. The summed E-state index contributed by atoms with van der Waals surface area (Å²) in [4.78, 5) is 24.7. The number of hydrogen-bond donors (Lipinski definition) is 1. The fraction of sp³-hybridized carbons (Fsp3) is 0. The quantitative estimate of drug-likeness (QED) is 0.342. The number of carbonyl (C=O) groups is 1. The Hall–Kier alpha value is -3.60. The Balaban J connectivity index is 1.83. The highest BCUT2D eigenvalue weighted by Gasteiger charge is 2.15. The molecular formula is C20H12O5. The summed E-state index contributed by atoms with van der Waals surface area (Å²) in [6.45, 7) is 0. The third kappa shape index (κ3) is 2.61. The fourth-order valence-corrected chi connectivity index (χ4v) is 2.68. The Morgan fingerprint density at radius 1 is 0.920 bits per heavy atom. The maximum atomic E-state index is 12.5. The first-order chi connectivity index (χ1) is 12.1. The maximum absolute atomic E-state index is 12.5. The molecule has 4 aromatic rings. The van der Waals surface area contributed by atoms with Crippen molar-refractivity contribution in [3.05, 3.63) is 82.5 Å². The summed E-state index contributed by atoms with van der Waals surface area (Å²) in [6.07, 6.45) is 0. The number of fused-ring (bicyclic) bond motifs is 2. The second kappa shape index (κ2) is 5.79. The van der Waals surface area contributed by atoms with Gasteiger partial charge in [-0.3, -0.25) is 4.79 Å². The molecule has 122 valence electrons. The van der Waals surface area contributed by atoms with E-state index in [0.717, 1.165) is 0 Å². The van der Waals surface area contributed by atoms with Crippen LogP contribution in [0.1, 0.15) is 10.4 Å². The molecule has 0 spiro atoms. The van der Waals surface area contributed by atoms with Crippen molar-refractivity contribution < 1.29 is 19.1 Å². The van der Waals surface area contributed by atoms with Gasteiger partial charge in [0.2, 0.25) is 5.43 Å². The highest BCUT2D eigenvalue weighted by Crippen LogP contribution is 2.30. The van der Waals surface area contributed by atoms with Crippen LogP contribution in [0.25, 0.3) is 21.9 Å². The number of aromatic hydroxyl groups is 1. The van der Waals surface area contributed by atoms with Crippen LogP contribution in [0.4, 0.5) is 0 Å².